The maximum Gasteiger partial charge on any atom is 0.226 e. The van der Waals surface area contributed by atoms with Gasteiger partial charge in [-0.1, -0.05) is 25.5 Å². The van der Waals surface area contributed by atoms with E-state index in [0.29, 0.717) is 12.5 Å². The quantitative estimate of drug-likeness (QED) is 0.791. The zero-order valence-corrected chi connectivity index (χ0v) is 13.1. The molecule has 0 radical (unpaired) electrons. The van der Waals surface area contributed by atoms with Crippen LogP contribution in [0.2, 0.25) is 0 Å². The summed E-state index contributed by atoms with van der Waals surface area (Å²) in [6, 6.07) is 0. The standard InChI is InChI=1S/C15H22N2OS/c1-10(2)6-12-13(15(12,3)4)14(18)17(5)7-11-8-19-9-16-11/h6,8-9,12-13H,7H2,1-5H3/t12-,13+/m1/s1. The molecule has 104 valence electrons. The van der Waals surface area contributed by atoms with Crippen LogP contribution in [0, 0.1) is 17.3 Å². The average Bonchev–Trinajstić information content (AvgIpc) is 2.69. The number of allylic oxidation sites excluding steroid dienone is 2. The minimum absolute atomic E-state index is 0.0880. The van der Waals surface area contributed by atoms with Crippen molar-refractivity contribution in [2.75, 3.05) is 7.05 Å². The van der Waals surface area contributed by atoms with Crippen molar-refractivity contribution in [1.29, 1.82) is 0 Å². The maximum atomic E-state index is 12.5. The van der Waals surface area contributed by atoms with Crippen LogP contribution in [0.25, 0.3) is 0 Å². The fourth-order valence-electron chi connectivity index (χ4n) is 2.69. The number of nitrogens with zero attached hydrogens (tertiary/aromatic N) is 2. The van der Waals surface area contributed by atoms with E-state index < -0.39 is 0 Å². The monoisotopic (exact) mass is 278 g/mol. The summed E-state index contributed by atoms with van der Waals surface area (Å²) < 4.78 is 0. The molecule has 1 saturated carbocycles. The summed E-state index contributed by atoms with van der Waals surface area (Å²) in [7, 11) is 1.87. The van der Waals surface area contributed by atoms with Crippen molar-refractivity contribution in [2.24, 2.45) is 17.3 Å². The van der Waals surface area contributed by atoms with Gasteiger partial charge in [-0.05, 0) is 25.2 Å². The maximum absolute atomic E-state index is 12.5. The molecule has 1 aliphatic rings. The van der Waals surface area contributed by atoms with Crippen LogP contribution in [0.15, 0.2) is 22.5 Å². The number of aromatic nitrogens is 1. The summed E-state index contributed by atoms with van der Waals surface area (Å²) in [5.41, 5.74) is 4.15. The van der Waals surface area contributed by atoms with Crippen LogP contribution in [0.3, 0.4) is 0 Å². The lowest BCUT2D eigenvalue weighted by atomic mass is 10.1. The topological polar surface area (TPSA) is 33.2 Å². The van der Waals surface area contributed by atoms with E-state index >= 15 is 0 Å². The lowest BCUT2D eigenvalue weighted by Crippen LogP contribution is -2.29. The van der Waals surface area contributed by atoms with Crippen LogP contribution in [0.5, 0.6) is 0 Å². The largest absolute Gasteiger partial charge is 0.340 e. The first-order valence-corrected chi connectivity index (χ1v) is 7.55. The molecule has 1 aliphatic carbocycles. The Morgan fingerprint density at radius 2 is 2.21 bits per heavy atom. The summed E-state index contributed by atoms with van der Waals surface area (Å²) in [6.07, 6.45) is 2.24. The minimum Gasteiger partial charge on any atom is -0.340 e. The zero-order chi connectivity index (χ0) is 14.2. The molecular weight excluding hydrogens is 256 g/mol. The Bertz CT molecular complexity index is 486. The highest BCUT2D eigenvalue weighted by Gasteiger charge is 2.60. The molecule has 3 nitrogen and oxygen atoms in total. The van der Waals surface area contributed by atoms with Gasteiger partial charge in [-0.15, -0.1) is 11.3 Å². The van der Waals surface area contributed by atoms with E-state index in [0.717, 1.165) is 5.69 Å². The average molecular weight is 278 g/mol. The minimum atomic E-state index is 0.0880. The summed E-state index contributed by atoms with van der Waals surface area (Å²) in [5, 5.41) is 2.00. The number of hydrogen-bond acceptors (Lipinski definition) is 3. The highest BCUT2D eigenvalue weighted by molar-refractivity contribution is 7.07. The molecule has 19 heavy (non-hydrogen) atoms. The molecule has 4 heteroatoms. The van der Waals surface area contributed by atoms with Gasteiger partial charge in [-0.3, -0.25) is 4.79 Å². The smallest absolute Gasteiger partial charge is 0.226 e. The van der Waals surface area contributed by atoms with Gasteiger partial charge >= 0.3 is 0 Å². The van der Waals surface area contributed by atoms with E-state index in [1.165, 1.54) is 5.57 Å². The van der Waals surface area contributed by atoms with Gasteiger partial charge in [-0.25, -0.2) is 4.98 Å². The molecule has 1 aromatic heterocycles. The molecule has 0 saturated heterocycles. The fourth-order valence-corrected chi connectivity index (χ4v) is 3.24. The van der Waals surface area contributed by atoms with E-state index in [2.05, 4.69) is 38.8 Å². The van der Waals surface area contributed by atoms with E-state index in [4.69, 9.17) is 0 Å². The van der Waals surface area contributed by atoms with E-state index in [1.807, 2.05) is 12.4 Å². The summed E-state index contributed by atoms with van der Waals surface area (Å²) in [6.45, 7) is 9.15. The third-order valence-corrected chi connectivity index (χ3v) is 4.58. The molecule has 2 rings (SSSR count). The Morgan fingerprint density at radius 3 is 2.74 bits per heavy atom. The number of thiazole rings is 1. The summed E-state index contributed by atoms with van der Waals surface area (Å²) >= 11 is 1.57. The van der Waals surface area contributed by atoms with Gasteiger partial charge in [0.25, 0.3) is 0 Å². The first kappa shape index (κ1) is 14.3. The molecule has 0 aromatic carbocycles. The van der Waals surface area contributed by atoms with Gasteiger partial charge in [-0.2, -0.15) is 0 Å². The van der Waals surface area contributed by atoms with Crippen molar-refractivity contribution in [2.45, 2.75) is 34.2 Å². The van der Waals surface area contributed by atoms with Gasteiger partial charge in [0.1, 0.15) is 0 Å². The number of hydrogen-bond donors (Lipinski definition) is 0. The highest BCUT2D eigenvalue weighted by Crippen LogP contribution is 2.60. The summed E-state index contributed by atoms with van der Waals surface area (Å²) in [5.74, 6) is 0.731. The van der Waals surface area contributed by atoms with Crippen molar-refractivity contribution < 1.29 is 4.79 Å². The Morgan fingerprint density at radius 1 is 1.53 bits per heavy atom. The Hall–Kier alpha value is -1.16. The highest BCUT2D eigenvalue weighted by atomic mass is 32.1. The molecule has 2 atom stereocenters. The molecule has 0 unspecified atom stereocenters. The Labute approximate surface area is 119 Å². The van der Waals surface area contributed by atoms with Gasteiger partial charge < -0.3 is 4.90 Å². The molecule has 1 fully saturated rings. The van der Waals surface area contributed by atoms with Gasteiger partial charge in [0.05, 0.1) is 23.7 Å². The van der Waals surface area contributed by atoms with Gasteiger partial charge in [0, 0.05) is 12.4 Å². The van der Waals surface area contributed by atoms with E-state index in [-0.39, 0.29) is 17.2 Å². The molecule has 0 bridgehead atoms. The zero-order valence-electron chi connectivity index (χ0n) is 12.3. The van der Waals surface area contributed by atoms with Crippen LogP contribution in [0.1, 0.15) is 33.4 Å². The van der Waals surface area contributed by atoms with Crippen molar-refractivity contribution in [3.8, 4) is 0 Å². The normalized spacial score (nSPS) is 23.8. The first-order chi connectivity index (χ1) is 8.84. The van der Waals surface area contributed by atoms with E-state index in [1.54, 1.807) is 21.7 Å². The molecule has 1 amide bonds. The number of carbonyl (C=O) groups is 1. The van der Waals surface area contributed by atoms with Crippen LogP contribution in [-0.4, -0.2) is 22.8 Å². The molecule has 0 aliphatic heterocycles. The fraction of sp³-hybridized carbons (Fsp3) is 0.600. The van der Waals surface area contributed by atoms with E-state index in [9.17, 15) is 4.79 Å². The SMILES string of the molecule is CC(C)=C[C@@H]1[C@@H](C(=O)N(C)Cc2cscn2)C1(C)C. The first-order valence-electron chi connectivity index (χ1n) is 6.61. The lowest BCUT2D eigenvalue weighted by molar-refractivity contribution is -0.132. The van der Waals surface area contributed by atoms with Gasteiger partial charge in [0.15, 0.2) is 0 Å². The van der Waals surface area contributed by atoms with Crippen molar-refractivity contribution in [3.63, 3.8) is 0 Å². The lowest BCUT2D eigenvalue weighted by Gasteiger charge is -2.16. The molecule has 0 N–H and O–H groups in total. The van der Waals surface area contributed by atoms with Crippen LogP contribution in [0.4, 0.5) is 0 Å². The van der Waals surface area contributed by atoms with Crippen LogP contribution in [-0.2, 0) is 11.3 Å². The van der Waals surface area contributed by atoms with Crippen LogP contribution < -0.4 is 0 Å². The molecule has 0 spiro atoms. The van der Waals surface area contributed by atoms with Crippen LogP contribution >= 0.6 is 11.3 Å². The summed E-state index contributed by atoms with van der Waals surface area (Å²) in [4.78, 5) is 18.6. The number of amides is 1. The van der Waals surface area contributed by atoms with Crippen molar-refractivity contribution in [3.05, 3.63) is 28.2 Å². The third kappa shape index (κ3) is 2.89. The second kappa shape index (κ2) is 5.08. The molecule has 1 aromatic rings. The van der Waals surface area contributed by atoms with Crippen molar-refractivity contribution in [1.82, 2.24) is 9.88 Å². The third-order valence-electron chi connectivity index (χ3n) is 3.95. The number of carbonyl (C=O) groups excluding carboxylic acids is 1. The van der Waals surface area contributed by atoms with Gasteiger partial charge in [0.2, 0.25) is 5.91 Å². The second-order valence-corrected chi connectivity index (χ2v) is 6.96. The number of rotatable bonds is 4. The molecule has 1 heterocycles. The molecular formula is C15H22N2OS. The predicted molar refractivity (Wildman–Crippen MR) is 78.8 cm³/mol. The Balaban J connectivity index is 2.02. The second-order valence-electron chi connectivity index (χ2n) is 6.24. The van der Waals surface area contributed by atoms with Crippen molar-refractivity contribution >= 4 is 17.2 Å². The Kier molecular flexibility index (Phi) is 3.81. The predicted octanol–water partition coefficient (Wildman–Crippen LogP) is 3.34.